The Balaban J connectivity index is 0.000000171. The van der Waals surface area contributed by atoms with Crippen LogP contribution in [-0.4, -0.2) is 110 Å². The van der Waals surface area contributed by atoms with E-state index in [4.69, 9.17) is 44.8 Å². The highest BCUT2D eigenvalue weighted by Gasteiger charge is 2.30. The van der Waals surface area contributed by atoms with Crippen molar-refractivity contribution in [1.82, 2.24) is 19.9 Å². The topological polar surface area (TPSA) is 131 Å². The van der Waals surface area contributed by atoms with Gasteiger partial charge in [-0.25, -0.2) is 9.97 Å². The molecule has 0 saturated carbocycles. The summed E-state index contributed by atoms with van der Waals surface area (Å²) >= 11 is 18.2. The van der Waals surface area contributed by atoms with E-state index in [1.54, 1.807) is 0 Å². The van der Waals surface area contributed by atoms with Gasteiger partial charge in [-0.05, 0) is 55.0 Å². The molecule has 2 N–H and O–H groups in total. The van der Waals surface area contributed by atoms with Crippen LogP contribution in [0.15, 0.2) is 58.3 Å². The van der Waals surface area contributed by atoms with Crippen LogP contribution in [0.25, 0.3) is 0 Å². The summed E-state index contributed by atoms with van der Waals surface area (Å²) in [6, 6.07) is 15.7. The number of nitrogens with one attached hydrogen (secondary N) is 1. The van der Waals surface area contributed by atoms with Gasteiger partial charge in [0, 0.05) is 98.1 Å². The highest BCUT2D eigenvalue weighted by atomic mass is 35.5. The molecule has 4 aliphatic heterocycles. The number of anilines is 5. The molecule has 8 rings (SSSR count). The van der Waals surface area contributed by atoms with Gasteiger partial charge in [-0.3, -0.25) is 8.42 Å². The van der Waals surface area contributed by atoms with E-state index in [1.165, 1.54) is 5.69 Å². The van der Waals surface area contributed by atoms with Crippen molar-refractivity contribution in [1.29, 1.82) is 0 Å². The number of benzene rings is 2. The smallest absolute Gasteiger partial charge is 0.227 e. The van der Waals surface area contributed by atoms with Crippen molar-refractivity contribution in [2.24, 2.45) is 0 Å². The molecule has 4 aliphatic rings. The number of hydrogen-bond donors (Lipinski definition) is 2. The first kappa shape index (κ1) is 39.0. The number of halogens is 3. The molecule has 2 unspecified atom stereocenters. The number of aliphatic hydroxyl groups is 1. The second-order valence-electron chi connectivity index (χ2n) is 13.6. The third-order valence-electron chi connectivity index (χ3n) is 10.0. The van der Waals surface area contributed by atoms with Gasteiger partial charge in [-0.15, -0.1) is 0 Å². The molecule has 0 bridgehead atoms. The monoisotopic (exact) mass is 831 g/mol. The normalized spacial score (nSPS) is 19.9. The van der Waals surface area contributed by atoms with Gasteiger partial charge in [0.05, 0.1) is 50.5 Å². The molecule has 2 fully saturated rings. The van der Waals surface area contributed by atoms with Crippen LogP contribution in [0.4, 0.5) is 29.1 Å². The maximum absolute atomic E-state index is 12.5. The highest BCUT2D eigenvalue weighted by Crippen LogP contribution is 2.32. The summed E-state index contributed by atoms with van der Waals surface area (Å²) in [6.07, 6.45) is 3.20. The maximum atomic E-state index is 12.5. The van der Waals surface area contributed by atoms with Gasteiger partial charge in [0.15, 0.2) is 5.15 Å². The Morgan fingerprint density at radius 2 is 1.11 bits per heavy atom. The number of aliphatic hydroxyl groups excluding tert-OH is 1. The van der Waals surface area contributed by atoms with Gasteiger partial charge >= 0.3 is 0 Å². The van der Waals surface area contributed by atoms with Crippen LogP contribution in [0.3, 0.4) is 0 Å². The summed E-state index contributed by atoms with van der Waals surface area (Å²) in [4.78, 5) is 28.8. The van der Waals surface area contributed by atoms with Crippen molar-refractivity contribution >= 4 is 85.5 Å². The van der Waals surface area contributed by atoms with Crippen molar-refractivity contribution in [3.63, 3.8) is 0 Å². The quantitative estimate of drug-likeness (QED) is 0.208. The molecule has 17 heteroatoms. The summed E-state index contributed by atoms with van der Waals surface area (Å²) in [7, 11) is -2.13. The lowest BCUT2D eigenvalue weighted by molar-refractivity contribution is 0.268. The second-order valence-corrected chi connectivity index (χ2v) is 17.8. The Bertz CT molecular complexity index is 1980. The van der Waals surface area contributed by atoms with Crippen molar-refractivity contribution in [2.45, 2.75) is 48.4 Å². The van der Waals surface area contributed by atoms with Gasteiger partial charge < -0.3 is 30.0 Å². The van der Waals surface area contributed by atoms with Gasteiger partial charge in [-0.1, -0.05) is 48.1 Å². The van der Waals surface area contributed by atoms with Crippen molar-refractivity contribution in [3.8, 4) is 0 Å². The fraction of sp³-hybridized carbons (Fsp3) is 0.459. The molecule has 54 heavy (non-hydrogen) atoms. The Morgan fingerprint density at radius 3 is 1.59 bits per heavy atom. The first-order valence-corrected chi connectivity index (χ1v) is 22.1. The van der Waals surface area contributed by atoms with E-state index in [0.717, 1.165) is 92.3 Å². The molecule has 6 heterocycles. The fourth-order valence-corrected chi connectivity index (χ4v) is 10.3. The zero-order valence-corrected chi connectivity index (χ0v) is 34.0. The van der Waals surface area contributed by atoms with E-state index in [2.05, 4.69) is 41.8 Å². The van der Waals surface area contributed by atoms with Gasteiger partial charge in [0.1, 0.15) is 10.7 Å². The summed E-state index contributed by atoms with van der Waals surface area (Å²) < 4.78 is 24.4. The molecule has 288 valence electrons. The number of hydrogen-bond acceptors (Lipinski definition) is 12. The Kier molecular flexibility index (Phi) is 12.8. The third kappa shape index (κ3) is 8.89. The van der Waals surface area contributed by atoms with E-state index in [-0.39, 0.29) is 12.6 Å². The fourth-order valence-electron chi connectivity index (χ4n) is 7.09. The minimum Gasteiger partial charge on any atom is -0.394 e. The van der Waals surface area contributed by atoms with Gasteiger partial charge in [0.2, 0.25) is 11.9 Å². The molecular formula is C37H44Cl3N9O3S2. The van der Waals surface area contributed by atoms with Gasteiger partial charge in [-0.2, -0.15) is 9.97 Å². The zero-order chi connectivity index (χ0) is 37.8. The Labute approximate surface area is 336 Å². The summed E-state index contributed by atoms with van der Waals surface area (Å²) in [5.74, 6) is 3.13. The Hall–Kier alpha value is -3.27. The predicted molar refractivity (Wildman–Crippen MR) is 220 cm³/mol. The van der Waals surface area contributed by atoms with E-state index in [1.807, 2.05) is 48.5 Å². The van der Waals surface area contributed by atoms with Crippen LogP contribution in [-0.2, 0) is 34.4 Å². The molecule has 0 aliphatic carbocycles. The number of nitrogens with zero attached hydrogens (tertiary/aromatic N) is 8. The van der Waals surface area contributed by atoms with E-state index < -0.39 is 21.6 Å². The van der Waals surface area contributed by atoms with E-state index in [9.17, 15) is 13.5 Å². The standard InChI is InChI=1S/C21H28ClN5O2S.C16H16Cl2N4OS/c1-2-3-16(14-28)23-20-19-18(8-13-30(19)29)24-21(25-20)27-11-9-26(10-12-27)17-6-4-15(22)5-7-17;17-11-1-3-12(4-2-11)21-6-8-22(9-7-21)16-19-13-5-10-24(23)14(13)15(18)20-16/h4-7,16,28H,2-3,8-14H2,1H3,(H,23,24,25);1-4H,5-10H2/t16-,30?;/m1./s1. The minimum absolute atomic E-state index is 0.0222. The molecule has 0 amide bonds. The molecule has 2 aromatic carbocycles. The van der Waals surface area contributed by atoms with Crippen LogP contribution < -0.4 is 24.9 Å². The van der Waals surface area contributed by atoms with Gasteiger partial charge in [0.25, 0.3) is 0 Å². The molecule has 3 atom stereocenters. The van der Waals surface area contributed by atoms with Crippen molar-refractivity contribution in [3.05, 3.63) is 75.1 Å². The molecule has 4 aromatic rings. The molecule has 0 spiro atoms. The second kappa shape index (κ2) is 17.7. The first-order chi connectivity index (χ1) is 26.2. The van der Waals surface area contributed by atoms with Crippen LogP contribution in [0.5, 0.6) is 0 Å². The first-order valence-electron chi connectivity index (χ1n) is 18.3. The average Bonchev–Trinajstić information content (AvgIpc) is 3.77. The SMILES string of the molecule is CCC[C@H](CO)Nc1nc(N2CCN(c3ccc(Cl)cc3)CC2)nc2c1S(=O)CC2.O=S1CCc2nc(N3CCN(c4ccc(Cl)cc4)CC3)nc(Cl)c21. The van der Waals surface area contributed by atoms with E-state index in [0.29, 0.717) is 57.0 Å². The zero-order valence-electron chi connectivity index (χ0n) is 30.1. The summed E-state index contributed by atoms with van der Waals surface area (Å²) in [5, 5.41) is 14.9. The van der Waals surface area contributed by atoms with Crippen LogP contribution >= 0.6 is 34.8 Å². The van der Waals surface area contributed by atoms with Crippen molar-refractivity contribution < 1.29 is 13.5 Å². The largest absolute Gasteiger partial charge is 0.394 e. The number of aryl methyl sites for hydroxylation is 2. The predicted octanol–water partition coefficient (Wildman–Crippen LogP) is 5.47. The average molecular weight is 833 g/mol. The molecule has 2 saturated heterocycles. The third-order valence-corrected chi connectivity index (χ3v) is 13.8. The molecule has 0 radical (unpaired) electrons. The molecular weight excluding hydrogens is 789 g/mol. The van der Waals surface area contributed by atoms with Crippen molar-refractivity contribution in [2.75, 3.05) is 95.4 Å². The lowest BCUT2D eigenvalue weighted by Gasteiger charge is -2.36. The highest BCUT2D eigenvalue weighted by molar-refractivity contribution is 7.85. The van der Waals surface area contributed by atoms with E-state index >= 15 is 0 Å². The summed E-state index contributed by atoms with van der Waals surface area (Å²) in [6.45, 7) is 8.86. The molecule has 12 nitrogen and oxygen atoms in total. The Morgan fingerprint density at radius 1 is 0.667 bits per heavy atom. The summed E-state index contributed by atoms with van der Waals surface area (Å²) in [5.41, 5.74) is 4.04. The van der Waals surface area contributed by atoms with Crippen LogP contribution in [0.1, 0.15) is 31.2 Å². The molecule has 2 aromatic heterocycles. The number of fused-ring (bicyclic) bond motifs is 2. The number of rotatable bonds is 9. The number of piperazine rings is 2. The van der Waals surface area contributed by atoms with Crippen LogP contribution in [0.2, 0.25) is 15.2 Å². The minimum atomic E-state index is -1.08. The lowest BCUT2D eigenvalue weighted by atomic mass is 10.2. The number of aromatic nitrogens is 4. The lowest BCUT2D eigenvalue weighted by Crippen LogP contribution is -2.47. The van der Waals surface area contributed by atoms with Crippen LogP contribution in [0, 0.1) is 0 Å². The maximum Gasteiger partial charge on any atom is 0.227 e.